The molecule has 0 N–H and O–H groups in total. The molecule has 3 heterocycles. The monoisotopic (exact) mass is 384 g/mol. The molecule has 1 aliphatic carbocycles. The number of hydrogen-bond donors (Lipinski definition) is 0. The van der Waals surface area contributed by atoms with Crippen molar-refractivity contribution in [3.63, 3.8) is 0 Å². The summed E-state index contributed by atoms with van der Waals surface area (Å²) in [7, 11) is 0. The first-order chi connectivity index (χ1) is 13.7. The Morgan fingerprint density at radius 3 is 2.96 bits per heavy atom. The number of carbonyl (C=O) groups excluding carboxylic acids is 1. The maximum atomic E-state index is 13.0. The van der Waals surface area contributed by atoms with Gasteiger partial charge >= 0.3 is 0 Å². The molecule has 2 aromatic rings. The van der Waals surface area contributed by atoms with E-state index in [4.69, 9.17) is 9.26 Å². The van der Waals surface area contributed by atoms with E-state index in [0.717, 1.165) is 31.1 Å². The summed E-state index contributed by atoms with van der Waals surface area (Å²) in [6.45, 7) is 3.99. The Hall–Kier alpha value is -2.28. The van der Waals surface area contributed by atoms with E-state index in [1.807, 2.05) is 17.9 Å². The highest BCUT2D eigenvalue weighted by Crippen LogP contribution is 2.32. The molecule has 0 bridgehead atoms. The first-order valence-corrected chi connectivity index (χ1v) is 10.3. The number of carbonyl (C=O) groups is 1. The molecule has 1 saturated carbocycles. The normalized spacial score (nSPS) is 20.2. The summed E-state index contributed by atoms with van der Waals surface area (Å²) in [6.07, 6.45) is 9.34. The molecular weight excluding hydrogens is 356 g/mol. The van der Waals surface area contributed by atoms with E-state index in [1.54, 1.807) is 12.3 Å². The Kier molecular flexibility index (Phi) is 6.00. The molecule has 0 radical (unpaired) electrons. The van der Waals surface area contributed by atoms with Gasteiger partial charge in [0.25, 0.3) is 5.91 Å². The van der Waals surface area contributed by atoms with Crippen LogP contribution in [-0.2, 0) is 11.2 Å². The van der Waals surface area contributed by atoms with Crippen LogP contribution in [0.3, 0.4) is 0 Å². The fraction of sp³-hybridized carbons (Fsp3) is 0.619. The molecule has 7 nitrogen and oxygen atoms in total. The highest BCUT2D eigenvalue weighted by atomic mass is 16.5. The molecule has 1 saturated heterocycles. The van der Waals surface area contributed by atoms with Crippen molar-refractivity contribution in [2.45, 2.75) is 57.9 Å². The van der Waals surface area contributed by atoms with Gasteiger partial charge in [-0.3, -0.25) is 9.78 Å². The Morgan fingerprint density at radius 2 is 2.14 bits per heavy atom. The molecule has 1 aliphatic heterocycles. The second-order valence-electron chi connectivity index (χ2n) is 7.82. The van der Waals surface area contributed by atoms with E-state index in [-0.39, 0.29) is 11.9 Å². The predicted octanol–water partition coefficient (Wildman–Crippen LogP) is 3.50. The lowest BCUT2D eigenvalue weighted by atomic mass is 10.1. The lowest BCUT2D eigenvalue weighted by Gasteiger charge is -2.22. The second kappa shape index (κ2) is 8.82. The number of ether oxygens (including phenoxy) is 1. The van der Waals surface area contributed by atoms with Gasteiger partial charge in [-0.15, -0.1) is 0 Å². The molecule has 7 heteroatoms. The summed E-state index contributed by atoms with van der Waals surface area (Å²) >= 11 is 0. The minimum atomic E-state index is -0.159. The van der Waals surface area contributed by atoms with E-state index in [2.05, 4.69) is 15.1 Å². The van der Waals surface area contributed by atoms with Gasteiger partial charge < -0.3 is 14.2 Å². The second-order valence-corrected chi connectivity index (χ2v) is 7.82. The van der Waals surface area contributed by atoms with Crippen LogP contribution in [0, 0.1) is 12.8 Å². The fourth-order valence-corrected chi connectivity index (χ4v) is 4.23. The Labute approximate surface area is 165 Å². The van der Waals surface area contributed by atoms with Crippen LogP contribution in [-0.4, -0.2) is 45.7 Å². The van der Waals surface area contributed by atoms with Gasteiger partial charge in [0.1, 0.15) is 6.04 Å². The van der Waals surface area contributed by atoms with E-state index in [0.29, 0.717) is 36.9 Å². The van der Waals surface area contributed by atoms with Crippen molar-refractivity contribution in [1.82, 2.24) is 20.0 Å². The molecule has 1 atom stereocenters. The van der Waals surface area contributed by atoms with Crippen molar-refractivity contribution < 1.29 is 14.1 Å². The van der Waals surface area contributed by atoms with Crippen LogP contribution in [0.1, 0.15) is 72.3 Å². The Bertz CT molecular complexity index is 800. The predicted molar refractivity (Wildman–Crippen MR) is 103 cm³/mol. The summed E-state index contributed by atoms with van der Waals surface area (Å²) in [5.74, 6) is 1.87. The van der Waals surface area contributed by atoms with Gasteiger partial charge in [0, 0.05) is 31.5 Å². The minimum absolute atomic E-state index is 0.0206. The van der Waals surface area contributed by atoms with Crippen molar-refractivity contribution in [2.75, 3.05) is 19.8 Å². The maximum Gasteiger partial charge on any atom is 0.256 e. The van der Waals surface area contributed by atoms with Crippen molar-refractivity contribution >= 4 is 5.91 Å². The summed E-state index contributed by atoms with van der Waals surface area (Å²) in [4.78, 5) is 23.6. The number of rotatable bonds is 7. The zero-order valence-corrected chi connectivity index (χ0v) is 16.5. The van der Waals surface area contributed by atoms with Crippen molar-refractivity contribution in [3.05, 3.63) is 41.3 Å². The van der Waals surface area contributed by atoms with Gasteiger partial charge in [0.05, 0.1) is 12.2 Å². The third-order valence-electron chi connectivity index (χ3n) is 5.82. The van der Waals surface area contributed by atoms with E-state index in [9.17, 15) is 4.79 Å². The summed E-state index contributed by atoms with van der Waals surface area (Å²) < 4.78 is 11.3. The third-order valence-corrected chi connectivity index (χ3v) is 5.82. The standard InChI is InChI=1S/C21H28N4O3/c1-15-17(8-4-11-22-15)21(26)25-12-5-9-18(25)20-23-19(24-28-20)10-13-27-14-16-6-2-3-7-16/h4,8,11,16,18H,2-3,5-7,9-10,12-14H2,1H3. The molecule has 2 fully saturated rings. The minimum Gasteiger partial charge on any atom is -0.381 e. The average molecular weight is 384 g/mol. The quantitative estimate of drug-likeness (QED) is 0.680. The molecule has 1 amide bonds. The average Bonchev–Trinajstić information content (AvgIpc) is 3.46. The summed E-state index contributed by atoms with van der Waals surface area (Å²) in [5.41, 5.74) is 1.37. The Morgan fingerprint density at radius 1 is 1.29 bits per heavy atom. The van der Waals surface area contributed by atoms with Crippen LogP contribution >= 0.6 is 0 Å². The van der Waals surface area contributed by atoms with E-state index < -0.39 is 0 Å². The van der Waals surface area contributed by atoms with Gasteiger partial charge in [-0.1, -0.05) is 18.0 Å². The summed E-state index contributed by atoms with van der Waals surface area (Å²) in [6, 6.07) is 3.45. The number of hydrogen-bond acceptors (Lipinski definition) is 6. The zero-order chi connectivity index (χ0) is 19.3. The smallest absolute Gasteiger partial charge is 0.256 e. The van der Waals surface area contributed by atoms with E-state index >= 15 is 0 Å². The number of nitrogens with zero attached hydrogens (tertiary/aromatic N) is 4. The van der Waals surface area contributed by atoms with Crippen LogP contribution in [0.4, 0.5) is 0 Å². The van der Waals surface area contributed by atoms with Crippen molar-refractivity contribution in [2.24, 2.45) is 5.92 Å². The molecule has 1 unspecified atom stereocenters. The number of aromatic nitrogens is 3. The number of amides is 1. The first kappa shape index (κ1) is 19.1. The lowest BCUT2D eigenvalue weighted by molar-refractivity contribution is 0.0709. The topological polar surface area (TPSA) is 81.4 Å². The molecule has 150 valence electrons. The van der Waals surface area contributed by atoms with Crippen molar-refractivity contribution in [1.29, 1.82) is 0 Å². The fourth-order valence-electron chi connectivity index (χ4n) is 4.23. The van der Waals surface area contributed by atoms with Crippen molar-refractivity contribution in [3.8, 4) is 0 Å². The molecule has 4 rings (SSSR count). The molecule has 28 heavy (non-hydrogen) atoms. The van der Waals surface area contributed by atoms with Crippen LogP contribution in [0.5, 0.6) is 0 Å². The number of likely N-dealkylation sites (tertiary alicyclic amines) is 1. The van der Waals surface area contributed by atoms with Crippen LogP contribution in [0.2, 0.25) is 0 Å². The van der Waals surface area contributed by atoms with Crippen LogP contribution in [0.25, 0.3) is 0 Å². The Balaban J connectivity index is 1.34. The maximum absolute atomic E-state index is 13.0. The van der Waals surface area contributed by atoms with Crippen LogP contribution in [0.15, 0.2) is 22.9 Å². The summed E-state index contributed by atoms with van der Waals surface area (Å²) in [5, 5.41) is 4.10. The molecule has 0 spiro atoms. The van der Waals surface area contributed by atoms with E-state index in [1.165, 1.54) is 25.7 Å². The van der Waals surface area contributed by atoms with Gasteiger partial charge in [-0.25, -0.2) is 0 Å². The zero-order valence-electron chi connectivity index (χ0n) is 16.5. The van der Waals surface area contributed by atoms with Gasteiger partial charge in [-0.2, -0.15) is 4.98 Å². The number of pyridine rings is 1. The van der Waals surface area contributed by atoms with Crippen LogP contribution < -0.4 is 0 Å². The lowest BCUT2D eigenvalue weighted by Crippen LogP contribution is -2.31. The largest absolute Gasteiger partial charge is 0.381 e. The number of aryl methyl sites for hydroxylation is 1. The van der Waals surface area contributed by atoms with Gasteiger partial charge in [0.2, 0.25) is 5.89 Å². The molecular formula is C21H28N4O3. The van der Waals surface area contributed by atoms with Gasteiger partial charge in [-0.05, 0) is 50.7 Å². The molecule has 2 aliphatic rings. The SMILES string of the molecule is Cc1ncccc1C(=O)N1CCCC1c1nc(CCOCC2CCCC2)no1. The molecule has 0 aromatic carbocycles. The third kappa shape index (κ3) is 4.24. The first-order valence-electron chi connectivity index (χ1n) is 10.3. The van der Waals surface area contributed by atoms with Gasteiger partial charge in [0.15, 0.2) is 5.82 Å². The highest BCUT2D eigenvalue weighted by molar-refractivity contribution is 5.95. The highest BCUT2D eigenvalue weighted by Gasteiger charge is 2.35. The molecule has 2 aromatic heterocycles.